The molecule has 1 N–H and O–H groups in total. The van der Waals surface area contributed by atoms with Crippen LogP contribution >= 0.6 is 0 Å². The van der Waals surface area contributed by atoms with Gasteiger partial charge in [0.25, 0.3) is 0 Å². The molecule has 0 fully saturated rings. The predicted molar refractivity (Wildman–Crippen MR) is 61.9 cm³/mol. The molecule has 0 amide bonds. The van der Waals surface area contributed by atoms with Gasteiger partial charge in [0.1, 0.15) is 6.29 Å². The topological polar surface area (TPSA) is 37.3 Å². The number of carbonyl (C=O) groups excluding carboxylic acids is 1. The lowest BCUT2D eigenvalue weighted by atomic mass is 10.00. The molecule has 0 spiro atoms. The summed E-state index contributed by atoms with van der Waals surface area (Å²) in [5, 5.41) is 9.70. The summed E-state index contributed by atoms with van der Waals surface area (Å²) in [5.41, 5.74) is 0.635. The third-order valence-electron chi connectivity index (χ3n) is 3.12. The minimum absolute atomic E-state index is 0.338. The van der Waals surface area contributed by atoms with Crippen molar-refractivity contribution in [1.82, 2.24) is 0 Å². The van der Waals surface area contributed by atoms with E-state index in [0.29, 0.717) is 17.8 Å². The lowest BCUT2D eigenvalue weighted by molar-refractivity contribution is -0.105. The zero-order chi connectivity index (χ0) is 10.9. The van der Waals surface area contributed by atoms with Gasteiger partial charge in [0.2, 0.25) is 0 Å². The Morgan fingerprint density at radius 2 is 1.27 bits per heavy atom. The molecule has 0 unspecified atom stereocenters. The van der Waals surface area contributed by atoms with E-state index in [4.69, 9.17) is 0 Å². The van der Waals surface area contributed by atoms with Gasteiger partial charge in [-0.15, -0.1) is 0 Å². The fraction of sp³-hybridized carbons (Fsp3) is 0.769. The van der Waals surface area contributed by atoms with Gasteiger partial charge in [0.15, 0.2) is 0 Å². The van der Waals surface area contributed by atoms with E-state index < -0.39 is 0 Å². The van der Waals surface area contributed by atoms with Crippen molar-refractivity contribution in [3.05, 3.63) is 11.3 Å². The van der Waals surface area contributed by atoms with E-state index >= 15 is 0 Å². The van der Waals surface area contributed by atoms with Crippen molar-refractivity contribution in [3.63, 3.8) is 0 Å². The molecule has 0 aliphatic heterocycles. The molecular formula is C13H22O2. The molecule has 1 rings (SSSR count). The number of aliphatic hydroxyl groups excluding tert-OH is 1. The molecule has 0 aromatic carbocycles. The van der Waals surface area contributed by atoms with Gasteiger partial charge in [-0.1, -0.05) is 38.5 Å². The number of hydrogen-bond donors (Lipinski definition) is 1. The SMILES string of the molecule is O=C/C1=C(\O)CCCCCCCCCC1. The smallest absolute Gasteiger partial charge is 0.149 e. The second kappa shape index (κ2) is 7.49. The number of aliphatic hydroxyl groups is 1. The van der Waals surface area contributed by atoms with E-state index in [0.717, 1.165) is 25.5 Å². The molecule has 0 radical (unpaired) electrons. The Labute approximate surface area is 92.4 Å². The maximum atomic E-state index is 10.8. The Bertz CT molecular complexity index is 219. The van der Waals surface area contributed by atoms with Crippen LogP contribution in [0.4, 0.5) is 0 Å². The molecule has 0 aromatic rings. The van der Waals surface area contributed by atoms with E-state index in [1.165, 1.54) is 38.5 Å². The Kier molecular flexibility index (Phi) is 6.14. The van der Waals surface area contributed by atoms with Crippen LogP contribution in [0.25, 0.3) is 0 Å². The molecule has 0 saturated carbocycles. The van der Waals surface area contributed by atoms with Crippen LogP contribution in [0.3, 0.4) is 0 Å². The highest BCUT2D eigenvalue weighted by molar-refractivity contribution is 5.73. The number of allylic oxidation sites excluding steroid dienone is 2. The Morgan fingerprint density at radius 1 is 0.800 bits per heavy atom. The highest BCUT2D eigenvalue weighted by atomic mass is 16.3. The molecule has 2 heteroatoms. The first-order chi connectivity index (χ1) is 7.34. The van der Waals surface area contributed by atoms with Crippen LogP contribution < -0.4 is 0 Å². The number of aldehydes is 1. The summed E-state index contributed by atoms with van der Waals surface area (Å²) in [7, 11) is 0. The van der Waals surface area contributed by atoms with Gasteiger partial charge >= 0.3 is 0 Å². The zero-order valence-corrected chi connectivity index (χ0v) is 9.50. The molecule has 0 heterocycles. The lowest BCUT2D eigenvalue weighted by Crippen LogP contribution is -1.96. The van der Waals surface area contributed by atoms with Crippen molar-refractivity contribution >= 4 is 6.29 Å². The van der Waals surface area contributed by atoms with Crippen molar-refractivity contribution < 1.29 is 9.90 Å². The minimum Gasteiger partial charge on any atom is -0.512 e. The highest BCUT2D eigenvalue weighted by Gasteiger charge is 2.06. The molecule has 0 saturated heterocycles. The summed E-state index contributed by atoms with van der Waals surface area (Å²) in [4.78, 5) is 10.8. The molecule has 86 valence electrons. The number of carbonyl (C=O) groups is 1. The van der Waals surface area contributed by atoms with Crippen molar-refractivity contribution in [2.75, 3.05) is 0 Å². The quantitative estimate of drug-likeness (QED) is 0.666. The maximum Gasteiger partial charge on any atom is 0.149 e. The summed E-state index contributed by atoms with van der Waals surface area (Å²) >= 11 is 0. The average Bonchev–Trinajstić information content (AvgIpc) is 2.23. The van der Waals surface area contributed by atoms with Gasteiger partial charge < -0.3 is 5.11 Å². The van der Waals surface area contributed by atoms with Crippen molar-refractivity contribution in [1.29, 1.82) is 0 Å². The molecular weight excluding hydrogens is 188 g/mol. The van der Waals surface area contributed by atoms with E-state index in [1.807, 2.05) is 0 Å². The van der Waals surface area contributed by atoms with Gasteiger partial charge in [-0.05, 0) is 19.3 Å². The summed E-state index contributed by atoms with van der Waals surface area (Å²) in [6, 6.07) is 0. The first-order valence-electron chi connectivity index (χ1n) is 6.21. The van der Waals surface area contributed by atoms with Gasteiger partial charge in [0, 0.05) is 12.0 Å². The first kappa shape index (κ1) is 12.3. The predicted octanol–water partition coefficient (Wildman–Crippen LogP) is 3.91. The maximum absolute atomic E-state index is 10.8. The average molecular weight is 210 g/mol. The van der Waals surface area contributed by atoms with Crippen molar-refractivity contribution in [2.24, 2.45) is 0 Å². The fourth-order valence-corrected chi connectivity index (χ4v) is 2.10. The summed E-state index contributed by atoms with van der Waals surface area (Å²) < 4.78 is 0. The fourth-order valence-electron chi connectivity index (χ4n) is 2.10. The second-order valence-electron chi connectivity index (χ2n) is 4.42. The Balaban J connectivity index is 2.49. The third kappa shape index (κ3) is 5.01. The lowest BCUT2D eigenvalue weighted by Gasteiger charge is -2.08. The van der Waals surface area contributed by atoms with Gasteiger partial charge in [-0.3, -0.25) is 4.79 Å². The van der Waals surface area contributed by atoms with Gasteiger partial charge in [-0.2, -0.15) is 0 Å². The van der Waals surface area contributed by atoms with Crippen LogP contribution in [0.15, 0.2) is 11.3 Å². The van der Waals surface area contributed by atoms with E-state index in [1.54, 1.807) is 0 Å². The van der Waals surface area contributed by atoms with Crippen LogP contribution in [0.5, 0.6) is 0 Å². The zero-order valence-electron chi connectivity index (χ0n) is 9.50. The molecule has 2 nitrogen and oxygen atoms in total. The van der Waals surface area contributed by atoms with Crippen LogP contribution in [0, 0.1) is 0 Å². The summed E-state index contributed by atoms with van der Waals surface area (Å²) in [6.45, 7) is 0. The summed E-state index contributed by atoms with van der Waals surface area (Å²) in [6.07, 6.45) is 11.9. The number of hydrogen-bond acceptors (Lipinski definition) is 2. The first-order valence-corrected chi connectivity index (χ1v) is 6.21. The largest absolute Gasteiger partial charge is 0.512 e. The number of rotatable bonds is 1. The monoisotopic (exact) mass is 210 g/mol. The Morgan fingerprint density at radius 3 is 1.80 bits per heavy atom. The molecule has 15 heavy (non-hydrogen) atoms. The van der Waals surface area contributed by atoms with Gasteiger partial charge in [-0.25, -0.2) is 0 Å². The van der Waals surface area contributed by atoms with Crippen LogP contribution in [0.1, 0.15) is 64.2 Å². The molecule has 0 bridgehead atoms. The molecule has 1 aliphatic carbocycles. The highest BCUT2D eigenvalue weighted by Crippen LogP contribution is 2.18. The molecule has 1 aliphatic rings. The van der Waals surface area contributed by atoms with Crippen LogP contribution in [-0.2, 0) is 4.79 Å². The van der Waals surface area contributed by atoms with Crippen molar-refractivity contribution in [3.8, 4) is 0 Å². The van der Waals surface area contributed by atoms with E-state index in [9.17, 15) is 9.90 Å². The summed E-state index contributed by atoms with van der Waals surface area (Å²) in [5.74, 6) is 0.338. The third-order valence-corrected chi connectivity index (χ3v) is 3.12. The van der Waals surface area contributed by atoms with E-state index in [-0.39, 0.29) is 0 Å². The molecule has 0 atom stereocenters. The molecule has 0 aromatic heterocycles. The van der Waals surface area contributed by atoms with Crippen LogP contribution in [0.2, 0.25) is 0 Å². The minimum atomic E-state index is 0.338. The standard InChI is InChI=1S/C13H22O2/c14-11-12-9-7-5-3-1-2-4-6-8-10-13(12)15/h11,15H,1-10H2/b13-12-. The van der Waals surface area contributed by atoms with E-state index in [2.05, 4.69) is 0 Å². The van der Waals surface area contributed by atoms with Gasteiger partial charge in [0.05, 0.1) is 5.76 Å². The Hall–Kier alpha value is -0.790. The second-order valence-corrected chi connectivity index (χ2v) is 4.42. The van der Waals surface area contributed by atoms with Crippen LogP contribution in [-0.4, -0.2) is 11.4 Å². The normalized spacial score (nSPS) is 26.4. The van der Waals surface area contributed by atoms with Crippen molar-refractivity contribution in [2.45, 2.75) is 64.2 Å².